The first-order chi connectivity index (χ1) is 8.11. The van der Waals surface area contributed by atoms with Crippen molar-refractivity contribution >= 4 is 6.01 Å². The third-order valence-electron chi connectivity index (χ3n) is 3.13. The van der Waals surface area contributed by atoms with Crippen molar-refractivity contribution in [1.29, 1.82) is 0 Å². The van der Waals surface area contributed by atoms with Crippen LogP contribution in [0.5, 0.6) is 0 Å². The van der Waals surface area contributed by atoms with E-state index in [0.717, 1.165) is 0 Å². The predicted molar refractivity (Wildman–Crippen MR) is 60.7 cm³/mol. The van der Waals surface area contributed by atoms with Crippen LogP contribution in [0, 0.1) is 5.92 Å². The molecule has 0 amide bonds. The zero-order chi connectivity index (χ0) is 12.4. The van der Waals surface area contributed by atoms with Gasteiger partial charge in [-0.2, -0.15) is 4.98 Å². The van der Waals surface area contributed by atoms with Crippen molar-refractivity contribution in [2.75, 3.05) is 24.6 Å². The molecule has 2 rings (SSSR count). The molecule has 6 heteroatoms. The molecule has 0 radical (unpaired) electrons. The van der Waals surface area contributed by atoms with E-state index in [1.807, 2.05) is 13.8 Å². The average Bonchev–Trinajstić information content (AvgIpc) is 2.78. The number of hydrogen-bond acceptors (Lipinski definition) is 5. The van der Waals surface area contributed by atoms with Crippen LogP contribution in [0.15, 0.2) is 4.52 Å². The Bertz CT molecular complexity index is 369. The number of aliphatic hydroxyl groups excluding tert-OH is 1. The monoisotopic (exact) mass is 243 g/mol. The fourth-order valence-electron chi connectivity index (χ4n) is 1.92. The quantitative estimate of drug-likeness (QED) is 0.868. The zero-order valence-corrected chi connectivity index (χ0v) is 10.1. The maximum absolute atomic E-state index is 13.7. The maximum Gasteiger partial charge on any atom is 0.324 e. The molecule has 96 valence electrons. The topological polar surface area (TPSA) is 62.4 Å². The first-order valence-corrected chi connectivity index (χ1v) is 5.95. The van der Waals surface area contributed by atoms with Crippen LogP contribution in [-0.2, 0) is 0 Å². The van der Waals surface area contributed by atoms with Gasteiger partial charge in [0.25, 0.3) is 0 Å². The summed E-state index contributed by atoms with van der Waals surface area (Å²) >= 11 is 0. The molecule has 17 heavy (non-hydrogen) atoms. The average molecular weight is 243 g/mol. The van der Waals surface area contributed by atoms with Crippen LogP contribution in [0.1, 0.15) is 32.0 Å². The third-order valence-corrected chi connectivity index (χ3v) is 3.13. The molecule has 1 saturated heterocycles. The number of rotatable bonds is 3. The minimum Gasteiger partial charge on any atom is -0.396 e. The third kappa shape index (κ3) is 2.57. The number of nitrogens with zero attached hydrogens (tertiary/aromatic N) is 3. The van der Waals surface area contributed by atoms with E-state index in [9.17, 15) is 4.39 Å². The first kappa shape index (κ1) is 12.3. The molecular weight excluding hydrogens is 225 g/mol. The van der Waals surface area contributed by atoms with Crippen LogP contribution in [0.4, 0.5) is 10.4 Å². The molecule has 1 aromatic heterocycles. The van der Waals surface area contributed by atoms with Gasteiger partial charge in [0.1, 0.15) is 6.17 Å². The van der Waals surface area contributed by atoms with Crippen LogP contribution in [-0.4, -0.2) is 41.1 Å². The number of aliphatic hydroxyl groups is 1. The van der Waals surface area contributed by atoms with E-state index in [2.05, 4.69) is 10.1 Å². The minimum atomic E-state index is -1.04. The maximum atomic E-state index is 13.7. The summed E-state index contributed by atoms with van der Waals surface area (Å²) in [5, 5.41) is 12.8. The highest BCUT2D eigenvalue weighted by Gasteiger charge is 2.31. The van der Waals surface area contributed by atoms with Crippen LogP contribution in [0.2, 0.25) is 0 Å². The van der Waals surface area contributed by atoms with Gasteiger partial charge < -0.3 is 14.5 Å². The molecule has 1 N–H and O–H groups in total. The van der Waals surface area contributed by atoms with Crippen molar-refractivity contribution < 1.29 is 14.0 Å². The summed E-state index contributed by atoms with van der Waals surface area (Å²) < 4.78 is 18.8. The molecule has 5 nitrogen and oxygen atoms in total. The number of piperidine rings is 1. The lowest BCUT2D eigenvalue weighted by molar-refractivity contribution is 0.118. The highest BCUT2D eigenvalue weighted by atomic mass is 19.1. The van der Waals surface area contributed by atoms with Gasteiger partial charge in [-0.3, -0.25) is 0 Å². The van der Waals surface area contributed by atoms with E-state index in [1.165, 1.54) is 0 Å². The molecule has 2 unspecified atom stereocenters. The summed E-state index contributed by atoms with van der Waals surface area (Å²) in [5.74, 6) is 0.571. The molecule has 1 fully saturated rings. The molecule has 2 heterocycles. The largest absolute Gasteiger partial charge is 0.396 e. The Morgan fingerprint density at radius 1 is 1.59 bits per heavy atom. The van der Waals surface area contributed by atoms with Crippen molar-refractivity contribution in [3.63, 3.8) is 0 Å². The molecule has 0 bridgehead atoms. The van der Waals surface area contributed by atoms with Crippen molar-refractivity contribution in [2.45, 2.75) is 32.4 Å². The van der Waals surface area contributed by atoms with E-state index >= 15 is 0 Å². The molecule has 0 aliphatic carbocycles. The van der Waals surface area contributed by atoms with Gasteiger partial charge >= 0.3 is 6.01 Å². The molecule has 0 spiro atoms. The number of aromatic nitrogens is 2. The minimum absolute atomic E-state index is 0.101. The standard InChI is InChI=1S/C11H18FN3O2/c1-7(2)10-13-11(17-14-10)15-4-3-8(6-16)9(12)5-15/h7-9,16H,3-6H2,1-2H3. The van der Waals surface area contributed by atoms with E-state index in [0.29, 0.717) is 24.8 Å². The van der Waals surface area contributed by atoms with Crippen molar-refractivity contribution in [3.8, 4) is 0 Å². The van der Waals surface area contributed by atoms with Crippen molar-refractivity contribution in [2.24, 2.45) is 5.92 Å². The van der Waals surface area contributed by atoms with Gasteiger partial charge in [0.05, 0.1) is 6.54 Å². The van der Waals surface area contributed by atoms with Gasteiger partial charge in [0, 0.05) is 25.0 Å². The van der Waals surface area contributed by atoms with Crippen LogP contribution in [0.3, 0.4) is 0 Å². The van der Waals surface area contributed by atoms with Gasteiger partial charge in [-0.15, -0.1) is 0 Å². The number of anilines is 1. The van der Waals surface area contributed by atoms with E-state index < -0.39 is 6.17 Å². The number of alkyl halides is 1. The van der Waals surface area contributed by atoms with E-state index in [-0.39, 0.29) is 25.0 Å². The molecule has 1 aliphatic rings. The molecule has 0 aromatic carbocycles. The molecular formula is C11H18FN3O2. The number of hydrogen-bond donors (Lipinski definition) is 1. The Morgan fingerprint density at radius 3 is 2.88 bits per heavy atom. The SMILES string of the molecule is CC(C)c1noc(N2CCC(CO)C(F)C2)n1. The Morgan fingerprint density at radius 2 is 2.35 bits per heavy atom. The van der Waals surface area contributed by atoms with Crippen LogP contribution < -0.4 is 4.90 Å². The lowest BCUT2D eigenvalue weighted by Gasteiger charge is -2.32. The second kappa shape index (κ2) is 5.00. The van der Waals surface area contributed by atoms with Crippen LogP contribution in [0.25, 0.3) is 0 Å². The van der Waals surface area contributed by atoms with Crippen LogP contribution >= 0.6 is 0 Å². The summed E-state index contributed by atoms with van der Waals surface area (Å²) in [7, 11) is 0. The summed E-state index contributed by atoms with van der Waals surface area (Å²) in [5.41, 5.74) is 0. The van der Waals surface area contributed by atoms with E-state index in [1.54, 1.807) is 4.90 Å². The fourth-order valence-corrected chi connectivity index (χ4v) is 1.92. The van der Waals surface area contributed by atoms with Gasteiger partial charge in [-0.05, 0) is 6.42 Å². The Labute approximate surface area is 99.6 Å². The Kier molecular flexibility index (Phi) is 3.61. The second-order valence-corrected chi connectivity index (χ2v) is 4.78. The highest BCUT2D eigenvalue weighted by molar-refractivity contribution is 5.27. The molecule has 1 aromatic rings. The van der Waals surface area contributed by atoms with Gasteiger partial charge in [-0.25, -0.2) is 4.39 Å². The lowest BCUT2D eigenvalue weighted by atomic mass is 9.96. The van der Waals surface area contributed by atoms with Gasteiger partial charge in [0.2, 0.25) is 0 Å². The summed E-state index contributed by atoms with van der Waals surface area (Å²) in [6.07, 6.45) is -0.431. The summed E-state index contributed by atoms with van der Waals surface area (Å²) in [4.78, 5) is 5.98. The first-order valence-electron chi connectivity index (χ1n) is 5.95. The fraction of sp³-hybridized carbons (Fsp3) is 0.818. The normalized spacial score (nSPS) is 25.6. The van der Waals surface area contributed by atoms with E-state index in [4.69, 9.17) is 9.63 Å². The second-order valence-electron chi connectivity index (χ2n) is 4.78. The molecule has 1 aliphatic heterocycles. The Hall–Kier alpha value is -1.17. The van der Waals surface area contributed by atoms with Gasteiger partial charge in [-0.1, -0.05) is 19.0 Å². The van der Waals surface area contributed by atoms with Crippen molar-refractivity contribution in [1.82, 2.24) is 10.1 Å². The summed E-state index contributed by atoms with van der Waals surface area (Å²) in [6, 6.07) is 0.382. The lowest BCUT2D eigenvalue weighted by Crippen LogP contribution is -2.43. The number of halogens is 1. The molecule has 2 atom stereocenters. The highest BCUT2D eigenvalue weighted by Crippen LogP contribution is 2.25. The van der Waals surface area contributed by atoms with Gasteiger partial charge in [0.15, 0.2) is 5.82 Å². The summed E-state index contributed by atoms with van der Waals surface area (Å²) in [6.45, 7) is 4.71. The molecule has 0 saturated carbocycles. The Balaban J connectivity index is 2.03. The smallest absolute Gasteiger partial charge is 0.324 e. The van der Waals surface area contributed by atoms with Crippen molar-refractivity contribution in [3.05, 3.63) is 5.82 Å². The predicted octanol–water partition coefficient (Wildman–Crippen LogP) is 1.35. The zero-order valence-electron chi connectivity index (χ0n) is 10.1.